The molecule has 1 aromatic heterocycles. The van der Waals surface area contributed by atoms with Crippen LogP contribution in [0.3, 0.4) is 0 Å². The molecule has 2 nitrogen and oxygen atoms in total. The Morgan fingerprint density at radius 3 is 2.44 bits per heavy atom. The minimum absolute atomic E-state index is 0.514. The zero-order chi connectivity index (χ0) is 11.4. The molecule has 0 amide bonds. The largest absolute Gasteiger partial charge is 0.469 e. The van der Waals surface area contributed by atoms with Gasteiger partial charge in [-0.25, -0.2) is 0 Å². The second kappa shape index (κ2) is 4.54. The highest BCUT2D eigenvalue weighted by atomic mass is 16.3. The Kier molecular flexibility index (Phi) is 3.11. The van der Waals surface area contributed by atoms with Gasteiger partial charge in [-0.3, -0.25) is 0 Å². The van der Waals surface area contributed by atoms with Gasteiger partial charge in [0.1, 0.15) is 5.76 Å². The lowest BCUT2D eigenvalue weighted by Gasteiger charge is -2.26. The van der Waals surface area contributed by atoms with E-state index in [-0.39, 0.29) is 0 Å². The van der Waals surface area contributed by atoms with Crippen molar-refractivity contribution in [3.8, 4) is 0 Å². The summed E-state index contributed by atoms with van der Waals surface area (Å²) in [6, 6.07) is 13.5. The van der Waals surface area contributed by atoms with Crippen molar-refractivity contribution in [3.63, 3.8) is 0 Å². The topological polar surface area (TPSA) is 33.4 Å². The van der Waals surface area contributed by atoms with Crippen LogP contribution in [0.25, 0.3) is 0 Å². The van der Waals surface area contributed by atoms with Crippen LogP contribution in [-0.2, 0) is 12.0 Å². The highest BCUT2D eigenvalue weighted by molar-refractivity contribution is 5.24. The Labute approximate surface area is 95.5 Å². The molecule has 16 heavy (non-hydrogen) atoms. The molecule has 1 N–H and O–H groups in total. The molecule has 0 saturated heterocycles. The third kappa shape index (κ3) is 2.17. The molecule has 0 aliphatic heterocycles. The van der Waals surface area contributed by atoms with Crippen molar-refractivity contribution in [1.82, 2.24) is 0 Å². The fourth-order valence-electron chi connectivity index (χ4n) is 1.88. The van der Waals surface area contributed by atoms with Crippen molar-refractivity contribution in [2.75, 3.05) is 0 Å². The summed E-state index contributed by atoms with van der Waals surface area (Å²) in [7, 11) is 0. The summed E-state index contributed by atoms with van der Waals surface area (Å²) in [6.07, 6.45) is 2.81. The standard InChI is InChI=1S/C14H16O2/c1-2-14(15,11-13-9-6-10-16-13)12-7-4-3-5-8-12/h3-10,15H,2,11H2,1H3. The molecule has 1 heterocycles. The fraction of sp³-hybridized carbons (Fsp3) is 0.286. The van der Waals surface area contributed by atoms with Crippen molar-refractivity contribution in [2.24, 2.45) is 0 Å². The Bertz CT molecular complexity index is 419. The number of aliphatic hydroxyl groups is 1. The summed E-state index contributed by atoms with van der Waals surface area (Å²) in [5.74, 6) is 0.813. The summed E-state index contributed by atoms with van der Waals surface area (Å²) >= 11 is 0. The van der Waals surface area contributed by atoms with Gasteiger partial charge in [0.15, 0.2) is 0 Å². The van der Waals surface area contributed by atoms with E-state index in [0.29, 0.717) is 12.8 Å². The van der Waals surface area contributed by atoms with Crippen molar-refractivity contribution in [1.29, 1.82) is 0 Å². The van der Waals surface area contributed by atoms with Crippen LogP contribution in [0.1, 0.15) is 24.7 Å². The highest BCUT2D eigenvalue weighted by Gasteiger charge is 2.28. The van der Waals surface area contributed by atoms with Crippen LogP contribution >= 0.6 is 0 Å². The van der Waals surface area contributed by atoms with Gasteiger partial charge in [0.05, 0.1) is 11.9 Å². The van der Waals surface area contributed by atoms with Gasteiger partial charge in [-0.1, -0.05) is 37.3 Å². The van der Waals surface area contributed by atoms with Crippen LogP contribution < -0.4 is 0 Å². The van der Waals surface area contributed by atoms with Gasteiger partial charge in [0.2, 0.25) is 0 Å². The molecular formula is C14H16O2. The molecule has 84 valence electrons. The average Bonchev–Trinajstić information content (AvgIpc) is 2.83. The Morgan fingerprint density at radius 1 is 1.12 bits per heavy atom. The van der Waals surface area contributed by atoms with E-state index in [1.807, 2.05) is 49.4 Å². The van der Waals surface area contributed by atoms with Crippen molar-refractivity contribution in [2.45, 2.75) is 25.4 Å². The van der Waals surface area contributed by atoms with Crippen LogP contribution in [0.4, 0.5) is 0 Å². The number of hydrogen-bond donors (Lipinski definition) is 1. The molecule has 2 rings (SSSR count). The van der Waals surface area contributed by atoms with Crippen LogP contribution in [0.15, 0.2) is 53.1 Å². The SMILES string of the molecule is CCC(O)(Cc1ccco1)c1ccccc1. The predicted octanol–water partition coefficient (Wildman–Crippen LogP) is 3.12. The van der Waals surface area contributed by atoms with Gasteiger partial charge in [-0.15, -0.1) is 0 Å². The van der Waals surface area contributed by atoms with E-state index >= 15 is 0 Å². The van der Waals surface area contributed by atoms with Crippen LogP contribution in [0, 0.1) is 0 Å². The number of benzene rings is 1. The monoisotopic (exact) mass is 216 g/mol. The maximum Gasteiger partial charge on any atom is 0.106 e. The number of furan rings is 1. The van der Waals surface area contributed by atoms with Gasteiger partial charge in [-0.2, -0.15) is 0 Å². The lowest BCUT2D eigenvalue weighted by atomic mass is 9.87. The van der Waals surface area contributed by atoms with E-state index in [1.165, 1.54) is 0 Å². The maximum atomic E-state index is 10.6. The first-order valence-electron chi connectivity index (χ1n) is 5.55. The van der Waals surface area contributed by atoms with Crippen molar-refractivity contribution in [3.05, 3.63) is 60.1 Å². The van der Waals surface area contributed by atoms with Gasteiger partial charge >= 0.3 is 0 Å². The van der Waals surface area contributed by atoms with E-state index < -0.39 is 5.60 Å². The molecule has 1 atom stereocenters. The van der Waals surface area contributed by atoms with Gasteiger partial charge in [-0.05, 0) is 24.1 Å². The van der Waals surface area contributed by atoms with Gasteiger partial charge in [0.25, 0.3) is 0 Å². The summed E-state index contributed by atoms with van der Waals surface area (Å²) in [5.41, 5.74) is 0.105. The van der Waals surface area contributed by atoms with E-state index in [1.54, 1.807) is 6.26 Å². The first-order valence-corrected chi connectivity index (χ1v) is 5.55. The molecule has 0 fully saturated rings. The van der Waals surface area contributed by atoms with Crippen LogP contribution in [-0.4, -0.2) is 5.11 Å². The quantitative estimate of drug-likeness (QED) is 0.851. The Balaban J connectivity index is 2.26. The van der Waals surface area contributed by atoms with E-state index in [4.69, 9.17) is 4.42 Å². The second-order valence-corrected chi connectivity index (χ2v) is 4.01. The third-order valence-electron chi connectivity index (χ3n) is 2.94. The normalized spacial score (nSPS) is 14.6. The molecule has 0 aliphatic rings. The van der Waals surface area contributed by atoms with Crippen LogP contribution in [0.5, 0.6) is 0 Å². The van der Waals surface area contributed by atoms with Gasteiger partial charge in [0, 0.05) is 6.42 Å². The lowest BCUT2D eigenvalue weighted by Crippen LogP contribution is -2.27. The summed E-state index contributed by atoms with van der Waals surface area (Å²) in [5, 5.41) is 10.6. The average molecular weight is 216 g/mol. The molecule has 0 saturated carbocycles. The first kappa shape index (κ1) is 11.0. The molecule has 2 aromatic rings. The summed E-state index contributed by atoms with van der Waals surface area (Å²) in [6.45, 7) is 1.98. The maximum absolute atomic E-state index is 10.6. The van der Waals surface area contributed by atoms with E-state index in [9.17, 15) is 5.11 Å². The Morgan fingerprint density at radius 2 is 1.88 bits per heavy atom. The number of rotatable bonds is 4. The Hall–Kier alpha value is -1.54. The highest BCUT2D eigenvalue weighted by Crippen LogP contribution is 2.29. The molecular weight excluding hydrogens is 200 g/mol. The second-order valence-electron chi connectivity index (χ2n) is 4.01. The van der Waals surface area contributed by atoms with Crippen molar-refractivity contribution >= 4 is 0 Å². The van der Waals surface area contributed by atoms with Gasteiger partial charge < -0.3 is 9.52 Å². The van der Waals surface area contributed by atoms with Crippen LogP contribution in [0.2, 0.25) is 0 Å². The molecule has 0 spiro atoms. The fourth-order valence-corrected chi connectivity index (χ4v) is 1.88. The number of hydrogen-bond acceptors (Lipinski definition) is 2. The lowest BCUT2D eigenvalue weighted by molar-refractivity contribution is 0.0277. The predicted molar refractivity (Wildman–Crippen MR) is 63.0 cm³/mol. The third-order valence-corrected chi connectivity index (χ3v) is 2.94. The summed E-state index contributed by atoms with van der Waals surface area (Å²) < 4.78 is 5.29. The molecule has 1 aromatic carbocycles. The minimum Gasteiger partial charge on any atom is -0.469 e. The minimum atomic E-state index is -0.834. The molecule has 0 bridgehead atoms. The molecule has 1 unspecified atom stereocenters. The van der Waals surface area contributed by atoms with E-state index in [0.717, 1.165) is 11.3 Å². The van der Waals surface area contributed by atoms with Crippen molar-refractivity contribution < 1.29 is 9.52 Å². The van der Waals surface area contributed by atoms with E-state index in [2.05, 4.69) is 0 Å². The zero-order valence-electron chi connectivity index (χ0n) is 9.39. The smallest absolute Gasteiger partial charge is 0.106 e. The molecule has 0 radical (unpaired) electrons. The zero-order valence-corrected chi connectivity index (χ0v) is 9.39. The molecule has 0 aliphatic carbocycles. The molecule has 2 heteroatoms. The first-order chi connectivity index (χ1) is 7.74. The summed E-state index contributed by atoms with van der Waals surface area (Å²) in [4.78, 5) is 0.